The predicted molar refractivity (Wildman–Crippen MR) is 116 cm³/mol. The highest BCUT2D eigenvalue weighted by atomic mass is 16.5. The maximum absolute atomic E-state index is 12.2. The third-order valence-corrected chi connectivity index (χ3v) is 4.97. The molecule has 0 radical (unpaired) electrons. The van der Waals surface area contributed by atoms with Gasteiger partial charge in [0.05, 0.1) is 11.4 Å². The molecule has 30 heavy (non-hydrogen) atoms. The lowest BCUT2D eigenvalue weighted by atomic mass is 9.97. The van der Waals surface area contributed by atoms with Crippen LogP contribution in [0.1, 0.15) is 41.0 Å². The van der Waals surface area contributed by atoms with Crippen molar-refractivity contribution in [1.82, 2.24) is 9.88 Å². The van der Waals surface area contributed by atoms with E-state index in [1.165, 1.54) is 11.1 Å². The molecule has 3 aromatic rings. The van der Waals surface area contributed by atoms with Crippen molar-refractivity contribution < 1.29 is 19.1 Å². The van der Waals surface area contributed by atoms with E-state index in [1.54, 1.807) is 24.4 Å². The largest absolute Gasteiger partial charge is 0.491 e. The fourth-order valence-electron chi connectivity index (χ4n) is 3.82. The number of hydrogen-bond donors (Lipinski definition) is 1. The van der Waals surface area contributed by atoms with Gasteiger partial charge < -0.3 is 14.3 Å². The zero-order valence-corrected chi connectivity index (χ0v) is 18.0. The summed E-state index contributed by atoms with van der Waals surface area (Å²) in [4.78, 5) is 29.6. The summed E-state index contributed by atoms with van der Waals surface area (Å²) in [6.07, 6.45) is 2.83. The molecular formula is C23H28N2O5. The average Bonchev–Trinajstić information content (AvgIpc) is 2.64. The van der Waals surface area contributed by atoms with E-state index in [4.69, 9.17) is 9.15 Å². The van der Waals surface area contributed by atoms with Crippen LogP contribution in [0.15, 0.2) is 45.9 Å². The highest BCUT2D eigenvalue weighted by molar-refractivity contribution is 6.04. The van der Waals surface area contributed by atoms with Crippen LogP contribution in [-0.4, -0.2) is 39.3 Å². The number of amides is 1. The van der Waals surface area contributed by atoms with Gasteiger partial charge in [0.2, 0.25) is 0 Å². The molecule has 1 amide bonds. The van der Waals surface area contributed by atoms with E-state index in [2.05, 4.69) is 18.8 Å². The SMILES string of the molecule is CC(C)CC(COc1ccc2c(c1)oc(=O)c1cnccc12)N(C(=O)O)C(C)(C)C. The fourth-order valence-corrected chi connectivity index (χ4v) is 3.82. The second-order valence-corrected chi connectivity index (χ2v) is 8.89. The smallest absolute Gasteiger partial charge is 0.408 e. The molecule has 2 aromatic heterocycles. The number of ether oxygens (including phenoxy) is 1. The summed E-state index contributed by atoms with van der Waals surface area (Å²) in [6.45, 7) is 9.94. The molecule has 1 N–H and O–H groups in total. The molecule has 0 spiro atoms. The molecule has 7 heteroatoms. The molecule has 2 heterocycles. The van der Waals surface area contributed by atoms with E-state index in [0.29, 0.717) is 29.1 Å². The summed E-state index contributed by atoms with van der Waals surface area (Å²) in [7, 11) is 0. The molecule has 0 saturated carbocycles. The van der Waals surface area contributed by atoms with Crippen molar-refractivity contribution in [3.63, 3.8) is 0 Å². The highest BCUT2D eigenvalue weighted by Crippen LogP contribution is 2.27. The first-order chi connectivity index (χ1) is 14.1. The number of rotatable bonds is 6. The minimum atomic E-state index is -0.971. The normalized spacial score (nSPS) is 13.0. The maximum Gasteiger partial charge on any atom is 0.408 e. The van der Waals surface area contributed by atoms with Gasteiger partial charge in [-0.25, -0.2) is 9.59 Å². The number of carboxylic acid groups (broad SMARTS) is 1. The van der Waals surface area contributed by atoms with E-state index in [0.717, 1.165) is 10.8 Å². The molecule has 1 unspecified atom stereocenters. The van der Waals surface area contributed by atoms with Crippen molar-refractivity contribution in [2.75, 3.05) is 6.61 Å². The summed E-state index contributed by atoms with van der Waals surface area (Å²) in [5, 5.41) is 11.8. The average molecular weight is 412 g/mol. The lowest BCUT2D eigenvalue weighted by Crippen LogP contribution is -2.53. The summed E-state index contributed by atoms with van der Waals surface area (Å²) in [6, 6.07) is 6.78. The van der Waals surface area contributed by atoms with Crippen molar-refractivity contribution >= 4 is 27.8 Å². The first-order valence-corrected chi connectivity index (χ1v) is 10.0. The molecule has 3 rings (SSSR count). The van der Waals surface area contributed by atoms with Gasteiger partial charge in [0.25, 0.3) is 0 Å². The number of fused-ring (bicyclic) bond motifs is 3. The van der Waals surface area contributed by atoms with E-state index < -0.39 is 17.3 Å². The molecule has 1 atom stereocenters. The molecule has 0 aliphatic rings. The lowest BCUT2D eigenvalue weighted by Gasteiger charge is -2.40. The van der Waals surface area contributed by atoms with Gasteiger partial charge in [-0.05, 0) is 51.3 Å². The van der Waals surface area contributed by atoms with Gasteiger partial charge >= 0.3 is 11.7 Å². The molecule has 0 aliphatic heterocycles. The maximum atomic E-state index is 12.2. The number of benzene rings is 1. The minimum Gasteiger partial charge on any atom is -0.491 e. The van der Waals surface area contributed by atoms with Gasteiger partial charge in [0, 0.05) is 34.8 Å². The topological polar surface area (TPSA) is 92.9 Å². The van der Waals surface area contributed by atoms with Crippen LogP contribution in [0.2, 0.25) is 0 Å². The van der Waals surface area contributed by atoms with Gasteiger partial charge in [0.1, 0.15) is 17.9 Å². The van der Waals surface area contributed by atoms with Crippen molar-refractivity contribution in [3.05, 3.63) is 47.1 Å². The van der Waals surface area contributed by atoms with Gasteiger partial charge in [-0.3, -0.25) is 9.88 Å². The third kappa shape index (κ3) is 4.56. The van der Waals surface area contributed by atoms with Gasteiger partial charge in [-0.2, -0.15) is 0 Å². The summed E-state index contributed by atoms with van der Waals surface area (Å²) in [5.74, 6) is 0.824. The zero-order chi connectivity index (χ0) is 22.1. The second-order valence-electron chi connectivity index (χ2n) is 8.89. The Morgan fingerprint density at radius 1 is 1.20 bits per heavy atom. The van der Waals surface area contributed by atoms with Crippen LogP contribution in [-0.2, 0) is 0 Å². The second kappa shape index (κ2) is 8.34. The molecule has 0 saturated heterocycles. The standard InChI is InChI=1S/C23H28N2O5/c1-14(2)10-15(25(22(27)28)23(3,4)5)13-29-16-6-7-18-17-8-9-24-12-19(17)21(26)30-20(18)11-16/h6-9,11-12,14-15H,10,13H2,1-5H3,(H,27,28). The number of carbonyl (C=O) groups is 1. The predicted octanol–water partition coefficient (Wildman–Crippen LogP) is 4.91. The Balaban J connectivity index is 1.91. The molecule has 1 aromatic carbocycles. The van der Waals surface area contributed by atoms with Crippen LogP contribution in [0.25, 0.3) is 21.7 Å². The molecule has 0 aliphatic carbocycles. The molecule has 160 valence electrons. The molecule has 0 bridgehead atoms. The monoisotopic (exact) mass is 412 g/mol. The minimum absolute atomic E-state index is 0.203. The Kier molecular flexibility index (Phi) is 6.01. The highest BCUT2D eigenvalue weighted by Gasteiger charge is 2.34. The first-order valence-electron chi connectivity index (χ1n) is 10.0. The Bertz CT molecular complexity index is 1110. The Morgan fingerprint density at radius 2 is 1.93 bits per heavy atom. The summed E-state index contributed by atoms with van der Waals surface area (Å²) < 4.78 is 11.4. The number of nitrogens with zero attached hydrogens (tertiary/aromatic N) is 2. The van der Waals surface area contributed by atoms with Crippen LogP contribution in [0.5, 0.6) is 5.75 Å². The van der Waals surface area contributed by atoms with Gasteiger partial charge in [-0.1, -0.05) is 13.8 Å². The van der Waals surface area contributed by atoms with E-state index >= 15 is 0 Å². The van der Waals surface area contributed by atoms with Gasteiger partial charge in [0.15, 0.2) is 0 Å². The van der Waals surface area contributed by atoms with E-state index in [9.17, 15) is 14.7 Å². The number of pyridine rings is 1. The van der Waals surface area contributed by atoms with E-state index in [-0.39, 0.29) is 12.6 Å². The van der Waals surface area contributed by atoms with Crippen molar-refractivity contribution in [2.24, 2.45) is 5.92 Å². The zero-order valence-electron chi connectivity index (χ0n) is 18.0. The van der Waals surface area contributed by atoms with Crippen LogP contribution >= 0.6 is 0 Å². The van der Waals surface area contributed by atoms with Crippen molar-refractivity contribution in [3.8, 4) is 5.75 Å². The quantitative estimate of drug-likeness (QED) is 0.457. The fraction of sp³-hybridized carbons (Fsp3) is 0.435. The van der Waals surface area contributed by atoms with Crippen LogP contribution in [0.4, 0.5) is 4.79 Å². The lowest BCUT2D eigenvalue weighted by molar-refractivity contribution is 0.0434. The van der Waals surface area contributed by atoms with Crippen LogP contribution in [0.3, 0.4) is 0 Å². The third-order valence-electron chi connectivity index (χ3n) is 4.97. The first kappa shape index (κ1) is 21.6. The van der Waals surface area contributed by atoms with Gasteiger partial charge in [-0.15, -0.1) is 0 Å². The molecule has 0 fully saturated rings. The summed E-state index contributed by atoms with van der Waals surface area (Å²) in [5.41, 5.74) is -0.592. The Labute approximate surface area is 175 Å². The number of aromatic nitrogens is 1. The summed E-state index contributed by atoms with van der Waals surface area (Å²) >= 11 is 0. The number of hydrogen-bond acceptors (Lipinski definition) is 5. The van der Waals surface area contributed by atoms with Crippen LogP contribution < -0.4 is 10.4 Å². The Morgan fingerprint density at radius 3 is 2.57 bits per heavy atom. The van der Waals surface area contributed by atoms with Crippen molar-refractivity contribution in [2.45, 2.75) is 52.6 Å². The molecular weight excluding hydrogens is 384 g/mol. The van der Waals surface area contributed by atoms with Crippen LogP contribution in [0, 0.1) is 5.92 Å². The Hall–Kier alpha value is -3.09. The van der Waals surface area contributed by atoms with Crippen molar-refractivity contribution in [1.29, 1.82) is 0 Å². The van der Waals surface area contributed by atoms with E-state index in [1.807, 2.05) is 26.8 Å². The molecule has 7 nitrogen and oxygen atoms in total.